The molecule has 0 unspecified atom stereocenters. The Labute approximate surface area is 113 Å². The molecule has 17 heavy (non-hydrogen) atoms. The lowest BCUT2D eigenvalue weighted by Gasteiger charge is -2.12. The topological polar surface area (TPSA) is 40.5 Å². The lowest BCUT2D eigenvalue weighted by atomic mass is 10.3. The Bertz CT molecular complexity index is 453. The van der Waals surface area contributed by atoms with Gasteiger partial charge in [0.1, 0.15) is 4.32 Å². The molecule has 0 aromatic carbocycles. The highest BCUT2D eigenvalue weighted by molar-refractivity contribution is 8.26. The van der Waals surface area contributed by atoms with E-state index < -0.39 is 0 Å². The van der Waals surface area contributed by atoms with Gasteiger partial charge in [-0.15, -0.1) is 11.3 Å². The SMILES string of the molecule is O=C1/C(=C/c2cccs2)SC(=S)N1CCCO. The number of thiophene rings is 1. The average molecular weight is 285 g/mol. The molecule has 1 aromatic rings. The van der Waals surface area contributed by atoms with E-state index in [-0.39, 0.29) is 12.5 Å². The van der Waals surface area contributed by atoms with Gasteiger partial charge in [0.25, 0.3) is 5.91 Å². The van der Waals surface area contributed by atoms with Crippen molar-refractivity contribution in [2.24, 2.45) is 0 Å². The van der Waals surface area contributed by atoms with Gasteiger partial charge in [-0.3, -0.25) is 9.69 Å². The Hall–Kier alpha value is -0.690. The van der Waals surface area contributed by atoms with Crippen LogP contribution in [0.1, 0.15) is 11.3 Å². The number of carbonyl (C=O) groups is 1. The normalized spacial score (nSPS) is 18.4. The Balaban J connectivity index is 2.13. The van der Waals surface area contributed by atoms with Gasteiger partial charge < -0.3 is 5.11 Å². The van der Waals surface area contributed by atoms with E-state index in [1.54, 1.807) is 16.2 Å². The van der Waals surface area contributed by atoms with Gasteiger partial charge >= 0.3 is 0 Å². The van der Waals surface area contributed by atoms with E-state index >= 15 is 0 Å². The Kier molecular flexibility index (Phi) is 4.33. The van der Waals surface area contributed by atoms with Crippen LogP contribution in [0.25, 0.3) is 6.08 Å². The molecule has 0 spiro atoms. The molecule has 3 nitrogen and oxygen atoms in total. The van der Waals surface area contributed by atoms with Crippen LogP contribution in [-0.4, -0.2) is 33.4 Å². The smallest absolute Gasteiger partial charge is 0.266 e. The first kappa shape index (κ1) is 12.8. The number of rotatable bonds is 4. The van der Waals surface area contributed by atoms with Gasteiger partial charge in [0.05, 0.1) is 4.91 Å². The van der Waals surface area contributed by atoms with Gasteiger partial charge in [0.2, 0.25) is 0 Å². The first-order valence-corrected chi connectivity index (χ1v) is 7.22. The Morgan fingerprint density at radius 1 is 1.53 bits per heavy atom. The number of aliphatic hydroxyl groups excluding tert-OH is 1. The summed E-state index contributed by atoms with van der Waals surface area (Å²) in [5.74, 6) is -0.0538. The van der Waals surface area contributed by atoms with Crippen molar-refractivity contribution in [1.82, 2.24) is 4.90 Å². The third-order valence-electron chi connectivity index (χ3n) is 2.23. The second-order valence-electron chi connectivity index (χ2n) is 3.43. The predicted octanol–water partition coefficient (Wildman–Crippen LogP) is 2.33. The van der Waals surface area contributed by atoms with Gasteiger partial charge in [0, 0.05) is 18.0 Å². The Morgan fingerprint density at radius 2 is 2.35 bits per heavy atom. The van der Waals surface area contributed by atoms with Crippen LogP contribution in [0.4, 0.5) is 0 Å². The number of amides is 1. The van der Waals surface area contributed by atoms with Crippen LogP contribution in [0.5, 0.6) is 0 Å². The zero-order valence-electron chi connectivity index (χ0n) is 8.96. The van der Waals surface area contributed by atoms with Crippen molar-refractivity contribution >= 4 is 51.6 Å². The fourth-order valence-electron chi connectivity index (χ4n) is 1.42. The van der Waals surface area contributed by atoms with Crippen LogP contribution in [0, 0.1) is 0 Å². The van der Waals surface area contributed by atoms with Crippen LogP contribution in [0.2, 0.25) is 0 Å². The monoisotopic (exact) mass is 285 g/mol. The van der Waals surface area contributed by atoms with Gasteiger partial charge in [-0.05, 0) is 23.9 Å². The van der Waals surface area contributed by atoms with E-state index in [4.69, 9.17) is 17.3 Å². The fourth-order valence-corrected chi connectivity index (χ4v) is 3.46. The van der Waals surface area contributed by atoms with Crippen LogP contribution in [-0.2, 0) is 4.79 Å². The van der Waals surface area contributed by atoms with Gasteiger partial charge in [-0.1, -0.05) is 30.0 Å². The minimum absolute atomic E-state index is 0.0538. The summed E-state index contributed by atoms with van der Waals surface area (Å²) in [6.45, 7) is 0.560. The zero-order chi connectivity index (χ0) is 12.3. The van der Waals surface area contributed by atoms with E-state index in [9.17, 15) is 4.79 Å². The molecule has 1 fully saturated rings. The van der Waals surface area contributed by atoms with Gasteiger partial charge in [0.15, 0.2) is 0 Å². The van der Waals surface area contributed by atoms with E-state index in [0.29, 0.717) is 22.2 Å². The molecule has 0 radical (unpaired) electrons. The molecule has 2 rings (SSSR count). The van der Waals surface area contributed by atoms with Crippen molar-refractivity contribution in [1.29, 1.82) is 0 Å². The number of thiocarbonyl (C=S) groups is 1. The zero-order valence-corrected chi connectivity index (χ0v) is 11.4. The highest BCUT2D eigenvalue weighted by Crippen LogP contribution is 2.33. The summed E-state index contributed by atoms with van der Waals surface area (Å²) < 4.78 is 0.575. The first-order chi connectivity index (χ1) is 8.22. The number of carbonyl (C=O) groups excluding carboxylic acids is 1. The maximum atomic E-state index is 12.0. The summed E-state index contributed by atoms with van der Waals surface area (Å²) in [4.78, 5) is 15.3. The highest BCUT2D eigenvalue weighted by atomic mass is 32.2. The summed E-state index contributed by atoms with van der Waals surface area (Å²) in [7, 11) is 0. The van der Waals surface area contributed by atoms with E-state index in [1.165, 1.54) is 11.8 Å². The molecular formula is C11H11NO2S3. The first-order valence-electron chi connectivity index (χ1n) is 5.12. The molecule has 0 saturated carbocycles. The van der Waals surface area contributed by atoms with Crippen molar-refractivity contribution < 1.29 is 9.90 Å². The summed E-state index contributed by atoms with van der Waals surface area (Å²) in [6.07, 6.45) is 2.42. The highest BCUT2D eigenvalue weighted by Gasteiger charge is 2.31. The lowest BCUT2D eigenvalue weighted by molar-refractivity contribution is -0.122. The quantitative estimate of drug-likeness (QED) is 0.681. The minimum atomic E-state index is -0.0538. The largest absolute Gasteiger partial charge is 0.396 e. The van der Waals surface area contributed by atoms with Gasteiger partial charge in [-0.25, -0.2) is 0 Å². The second-order valence-corrected chi connectivity index (χ2v) is 6.08. The molecular weight excluding hydrogens is 274 g/mol. The molecule has 1 saturated heterocycles. The van der Waals surface area contributed by atoms with Crippen molar-refractivity contribution in [3.05, 3.63) is 27.3 Å². The number of thioether (sulfide) groups is 1. The third-order valence-corrected chi connectivity index (χ3v) is 4.43. The van der Waals surface area contributed by atoms with Crippen molar-refractivity contribution in [2.75, 3.05) is 13.2 Å². The molecule has 1 aliphatic heterocycles. The van der Waals surface area contributed by atoms with E-state index in [0.717, 1.165) is 4.88 Å². The predicted molar refractivity (Wildman–Crippen MR) is 75.9 cm³/mol. The van der Waals surface area contributed by atoms with Gasteiger partial charge in [-0.2, -0.15) is 0 Å². The lowest BCUT2D eigenvalue weighted by Crippen LogP contribution is -2.29. The number of hydrogen-bond acceptors (Lipinski definition) is 5. The number of hydrogen-bond donors (Lipinski definition) is 1. The number of nitrogens with zero attached hydrogens (tertiary/aromatic N) is 1. The molecule has 1 aromatic heterocycles. The maximum Gasteiger partial charge on any atom is 0.266 e. The van der Waals surface area contributed by atoms with Crippen LogP contribution in [0.3, 0.4) is 0 Å². The molecule has 2 heterocycles. The summed E-state index contributed by atoms with van der Waals surface area (Å²) in [5, 5.41) is 10.7. The van der Waals surface area contributed by atoms with Crippen LogP contribution >= 0.6 is 35.3 Å². The standard InChI is InChI=1S/C11H11NO2S3/c13-5-2-4-12-10(14)9(17-11(12)15)7-8-3-1-6-16-8/h1,3,6-7,13H,2,4-5H2/b9-7-. The van der Waals surface area contributed by atoms with Crippen molar-refractivity contribution in [2.45, 2.75) is 6.42 Å². The van der Waals surface area contributed by atoms with Crippen LogP contribution < -0.4 is 0 Å². The van der Waals surface area contributed by atoms with Crippen molar-refractivity contribution in [3.63, 3.8) is 0 Å². The third kappa shape index (κ3) is 2.95. The maximum absolute atomic E-state index is 12.0. The van der Waals surface area contributed by atoms with E-state index in [2.05, 4.69) is 0 Å². The molecule has 0 atom stereocenters. The molecule has 1 amide bonds. The van der Waals surface area contributed by atoms with Crippen LogP contribution in [0.15, 0.2) is 22.4 Å². The molecule has 0 bridgehead atoms. The molecule has 0 aliphatic carbocycles. The molecule has 1 aliphatic rings. The van der Waals surface area contributed by atoms with Crippen molar-refractivity contribution in [3.8, 4) is 0 Å². The summed E-state index contributed by atoms with van der Waals surface area (Å²) in [6, 6.07) is 3.91. The molecule has 1 N–H and O–H groups in total. The minimum Gasteiger partial charge on any atom is -0.396 e. The Morgan fingerprint density at radius 3 is 3.00 bits per heavy atom. The summed E-state index contributed by atoms with van der Waals surface area (Å²) >= 11 is 8.07. The molecule has 6 heteroatoms. The average Bonchev–Trinajstić information content (AvgIpc) is 2.89. The van der Waals surface area contributed by atoms with E-state index in [1.807, 2.05) is 23.6 Å². The summed E-state index contributed by atoms with van der Waals surface area (Å²) in [5.41, 5.74) is 0. The number of aliphatic hydroxyl groups is 1. The fraction of sp³-hybridized carbons (Fsp3) is 0.273. The molecule has 90 valence electrons. The second kappa shape index (κ2) is 5.77.